The summed E-state index contributed by atoms with van der Waals surface area (Å²) in [5.41, 5.74) is 1.51. The second kappa shape index (κ2) is 5.10. The Balaban J connectivity index is 3.24. The molecule has 0 fully saturated rings. The summed E-state index contributed by atoms with van der Waals surface area (Å²) in [5, 5.41) is 0. The molecule has 88 valence electrons. The van der Waals surface area contributed by atoms with Crippen LogP contribution in [0.25, 0.3) is 0 Å². The molecule has 0 N–H and O–H groups in total. The summed E-state index contributed by atoms with van der Waals surface area (Å²) in [6, 6.07) is 3.31. The molecule has 0 saturated heterocycles. The third-order valence-electron chi connectivity index (χ3n) is 2.45. The van der Waals surface area contributed by atoms with Crippen LogP contribution >= 0.6 is 0 Å². The number of ether oxygens (including phenoxy) is 1. The molecular weight excluding hydrogens is 207 g/mol. The van der Waals surface area contributed by atoms with Crippen LogP contribution in [-0.2, 0) is 11.2 Å². The highest BCUT2D eigenvalue weighted by molar-refractivity contribution is 5.79. The van der Waals surface area contributed by atoms with Gasteiger partial charge in [0.1, 0.15) is 5.78 Å². The fraction of sp³-hybridized carbons (Fsp3) is 0.462. The molecular formula is C13H17FO2. The maximum Gasteiger partial charge on any atom is 0.165 e. The first-order valence-electron chi connectivity index (χ1n) is 5.31. The van der Waals surface area contributed by atoms with Crippen molar-refractivity contribution in [1.29, 1.82) is 0 Å². The van der Waals surface area contributed by atoms with Gasteiger partial charge in [0.05, 0.1) is 7.11 Å². The Morgan fingerprint density at radius 2 is 2.06 bits per heavy atom. The van der Waals surface area contributed by atoms with Gasteiger partial charge in [-0.25, -0.2) is 4.39 Å². The van der Waals surface area contributed by atoms with Crippen molar-refractivity contribution in [1.82, 2.24) is 0 Å². The van der Waals surface area contributed by atoms with Gasteiger partial charge in [-0.15, -0.1) is 0 Å². The minimum Gasteiger partial charge on any atom is -0.493 e. The Kier molecular flexibility index (Phi) is 4.05. The zero-order chi connectivity index (χ0) is 12.3. The van der Waals surface area contributed by atoms with E-state index in [9.17, 15) is 9.18 Å². The molecule has 0 aliphatic rings. The molecule has 1 aromatic rings. The van der Waals surface area contributed by atoms with E-state index in [4.69, 9.17) is 4.74 Å². The minimum absolute atomic E-state index is 0.00129. The van der Waals surface area contributed by atoms with Crippen molar-refractivity contribution in [3.8, 4) is 5.75 Å². The zero-order valence-electron chi connectivity index (χ0n) is 10.1. The van der Waals surface area contributed by atoms with Gasteiger partial charge >= 0.3 is 0 Å². The molecule has 3 heteroatoms. The predicted octanol–water partition coefficient (Wildman–Crippen LogP) is 3.09. The van der Waals surface area contributed by atoms with E-state index in [1.807, 2.05) is 19.9 Å². The SMILES string of the molecule is COc1c(F)cc(C(C)C)cc1CC(C)=O. The predicted molar refractivity (Wildman–Crippen MR) is 61.4 cm³/mol. The number of hydrogen-bond donors (Lipinski definition) is 0. The number of carbonyl (C=O) groups is 1. The molecule has 1 aromatic carbocycles. The Hall–Kier alpha value is -1.38. The van der Waals surface area contributed by atoms with Crippen LogP contribution in [-0.4, -0.2) is 12.9 Å². The van der Waals surface area contributed by atoms with Crippen LogP contribution in [0.1, 0.15) is 37.8 Å². The second-order valence-electron chi connectivity index (χ2n) is 4.23. The third kappa shape index (κ3) is 2.81. The van der Waals surface area contributed by atoms with Crippen molar-refractivity contribution >= 4 is 5.78 Å². The Morgan fingerprint density at radius 1 is 1.44 bits per heavy atom. The molecule has 0 bridgehead atoms. The van der Waals surface area contributed by atoms with Crippen molar-refractivity contribution in [2.24, 2.45) is 0 Å². The maximum atomic E-state index is 13.7. The van der Waals surface area contributed by atoms with E-state index in [0.29, 0.717) is 5.56 Å². The lowest BCUT2D eigenvalue weighted by molar-refractivity contribution is -0.116. The van der Waals surface area contributed by atoms with E-state index < -0.39 is 5.82 Å². The molecule has 16 heavy (non-hydrogen) atoms. The van der Waals surface area contributed by atoms with Gasteiger partial charge in [-0.1, -0.05) is 19.9 Å². The van der Waals surface area contributed by atoms with Gasteiger partial charge in [0.15, 0.2) is 11.6 Å². The third-order valence-corrected chi connectivity index (χ3v) is 2.45. The highest BCUT2D eigenvalue weighted by Gasteiger charge is 2.14. The average molecular weight is 224 g/mol. The largest absolute Gasteiger partial charge is 0.493 e. The highest BCUT2D eigenvalue weighted by atomic mass is 19.1. The average Bonchev–Trinajstić information content (AvgIpc) is 2.16. The smallest absolute Gasteiger partial charge is 0.165 e. The number of rotatable bonds is 4. The van der Waals surface area contributed by atoms with Crippen LogP contribution in [0.15, 0.2) is 12.1 Å². The van der Waals surface area contributed by atoms with Crippen LogP contribution in [0.5, 0.6) is 5.75 Å². The fourth-order valence-electron chi connectivity index (χ4n) is 1.64. The molecule has 0 aliphatic heterocycles. The summed E-state index contributed by atoms with van der Waals surface area (Å²) in [6.45, 7) is 5.46. The molecule has 0 unspecified atom stereocenters. The van der Waals surface area contributed by atoms with Crippen molar-refractivity contribution in [2.45, 2.75) is 33.1 Å². The summed E-state index contributed by atoms with van der Waals surface area (Å²) in [4.78, 5) is 11.1. The molecule has 0 spiro atoms. The van der Waals surface area contributed by atoms with Gasteiger partial charge in [0.2, 0.25) is 0 Å². The first-order valence-corrected chi connectivity index (χ1v) is 5.31. The highest BCUT2D eigenvalue weighted by Crippen LogP contribution is 2.28. The standard InChI is InChI=1S/C13H17FO2/c1-8(2)10-6-11(5-9(3)15)13(16-4)12(14)7-10/h6-8H,5H2,1-4H3. The molecule has 0 radical (unpaired) electrons. The van der Waals surface area contributed by atoms with Crippen molar-refractivity contribution < 1.29 is 13.9 Å². The Morgan fingerprint density at radius 3 is 2.50 bits per heavy atom. The van der Waals surface area contributed by atoms with E-state index in [1.165, 1.54) is 20.1 Å². The number of Topliss-reactive ketones (excluding diaryl/α,β-unsaturated/α-hetero) is 1. The first-order chi connectivity index (χ1) is 7.45. The summed E-state index contributed by atoms with van der Waals surface area (Å²) in [7, 11) is 1.41. The van der Waals surface area contributed by atoms with E-state index in [1.54, 1.807) is 0 Å². The van der Waals surface area contributed by atoms with Crippen LogP contribution in [0.3, 0.4) is 0 Å². The molecule has 1 rings (SSSR count). The van der Waals surface area contributed by atoms with Crippen LogP contribution in [0, 0.1) is 5.82 Å². The topological polar surface area (TPSA) is 26.3 Å². The van der Waals surface area contributed by atoms with Crippen molar-refractivity contribution in [2.75, 3.05) is 7.11 Å². The molecule has 0 heterocycles. The Bertz CT molecular complexity index is 397. The molecule has 0 atom stereocenters. The molecule has 0 saturated carbocycles. The fourth-order valence-corrected chi connectivity index (χ4v) is 1.64. The summed E-state index contributed by atoms with van der Waals surface area (Å²) in [6.07, 6.45) is 0.209. The van der Waals surface area contributed by atoms with Crippen LogP contribution in [0.2, 0.25) is 0 Å². The normalized spacial score (nSPS) is 10.6. The second-order valence-corrected chi connectivity index (χ2v) is 4.23. The minimum atomic E-state index is -0.398. The lowest BCUT2D eigenvalue weighted by Crippen LogP contribution is -2.03. The van der Waals surface area contributed by atoms with Gasteiger partial charge < -0.3 is 4.74 Å². The number of benzene rings is 1. The van der Waals surface area contributed by atoms with Gasteiger partial charge in [0.25, 0.3) is 0 Å². The maximum absolute atomic E-state index is 13.7. The summed E-state index contributed by atoms with van der Waals surface area (Å²) < 4.78 is 18.7. The summed E-state index contributed by atoms with van der Waals surface area (Å²) in [5.74, 6) is 0.00858. The number of halogens is 1. The lowest BCUT2D eigenvalue weighted by atomic mass is 9.97. The molecule has 0 aromatic heterocycles. The quantitative estimate of drug-likeness (QED) is 0.785. The van der Waals surface area contributed by atoms with Gasteiger partial charge in [-0.2, -0.15) is 0 Å². The van der Waals surface area contributed by atoms with E-state index in [2.05, 4.69) is 0 Å². The van der Waals surface area contributed by atoms with E-state index >= 15 is 0 Å². The van der Waals surface area contributed by atoms with Crippen LogP contribution < -0.4 is 4.74 Å². The zero-order valence-corrected chi connectivity index (χ0v) is 10.1. The van der Waals surface area contributed by atoms with Gasteiger partial charge in [-0.05, 0) is 24.5 Å². The Labute approximate surface area is 95.4 Å². The summed E-state index contributed by atoms with van der Waals surface area (Å²) >= 11 is 0. The number of carbonyl (C=O) groups excluding carboxylic acids is 1. The van der Waals surface area contributed by atoms with E-state index in [-0.39, 0.29) is 23.9 Å². The van der Waals surface area contributed by atoms with Crippen molar-refractivity contribution in [3.05, 3.63) is 29.1 Å². The lowest BCUT2D eigenvalue weighted by Gasteiger charge is -2.13. The number of hydrogen-bond acceptors (Lipinski definition) is 2. The molecule has 2 nitrogen and oxygen atoms in total. The van der Waals surface area contributed by atoms with Crippen LogP contribution in [0.4, 0.5) is 4.39 Å². The number of methoxy groups -OCH3 is 1. The molecule has 0 aliphatic carbocycles. The first kappa shape index (κ1) is 12.7. The van der Waals surface area contributed by atoms with Gasteiger partial charge in [0, 0.05) is 12.0 Å². The monoisotopic (exact) mass is 224 g/mol. The van der Waals surface area contributed by atoms with Gasteiger partial charge in [-0.3, -0.25) is 4.79 Å². The number of ketones is 1. The molecule has 0 amide bonds. The van der Waals surface area contributed by atoms with E-state index in [0.717, 1.165) is 5.56 Å². The van der Waals surface area contributed by atoms with Crippen molar-refractivity contribution in [3.63, 3.8) is 0 Å².